The van der Waals surface area contributed by atoms with E-state index in [1.165, 1.54) is 0 Å². The number of benzene rings is 1. The first-order chi connectivity index (χ1) is 10.2. The number of nitrogens with one attached hydrogen (secondary N) is 3. The van der Waals surface area contributed by atoms with Gasteiger partial charge in [0.2, 0.25) is 5.91 Å². The van der Waals surface area contributed by atoms with Gasteiger partial charge < -0.3 is 15.0 Å². The van der Waals surface area contributed by atoms with E-state index in [4.69, 9.17) is 4.74 Å². The molecule has 0 spiro atoms. The van der Waals surface area contributed by atoms with Crippen molar-refractivity contribution in [2.24, 2.45) is 0 Å². The summed E-state index contributed by atoms with van der Waals surface area (Å²) < 4.78 is 5.39. The van der Waals surface area contributed by atoms with Gasteiger partial charge in [0.05, 0.1) is 24.6 Å². The summed E-state index contributed by atoms with van der Waals surface area (Å²) in [7, 11) is 0. The van der Waals surface area contributed by atoms with Crippen LogP contribution in [-0.4, -0.2) is 44.3 Å². The van der Waals surface area contributed by atoms with Crippen LogP contribution in [0.25, 0.3) is 0 Å². The molecule has 1 amide bonds. The van der Waals surface area contributed by atoms with E-state index < -0.39 is 0 Å². The third-order valence-electron chi connectivity index (χ3n) is 3.92. The predicted molar refractivity (Wildman–Crippen MR) is 82.2 cm³/mol. The Labute approximate surface area is 124 Å². The van der Waals surface area contributed by atoms with Crippen molar-refractivity contribution in [3.8, 4) is 0 Å². The molecule has 6 heteroatoms. The lowest BCUT2D eigenvalue weighted by Crippen LogP contribution is -2.40. The van der Waals surface area contributed by atoms with Crippen LogP contribution in [0.4, 0.5) is 11.4 Å². The number of rotatable bonds is 3. The van der Waals surface area contributed by atoms with Crippen molar-refractivity contribution in [3.63, 3.8) is 0 Å². The Balaban J connectivity index is 1.71. The Morgan fingerprint density at radius 3 is 2.76 bits per heavy atom. The Hall–Kier alpha value is -1.63. The molecule has 2 aliphatic rings. The summed E-state index contributed by atoms with van der Waals surface area (Å²) in [6.45, 7) is 5.23. The van der Waals surface area contributed by atoms with Gasteiger partial charge in [0.25, 0.3) is 0 Å². The largest absolute Gasteiger partial charge is 0.378 e. The van der Waals surface area contributed by atoms with E-state index in [9.17, 15) is 4.79 Å². The molecule has 0 aliphatic carbocycles. The Kier molecular flexibility index (Phi) is 4.38. The highest BCUT2D eigenvalue weighted by molar-refractivity contribution is 5.97. The Bertz CT molecular complexity index is 502. The number of carbonyl (C=O) groups is 1. The molecule has 114 valence electrons. The van der Waals surface area contributed by atoms with Gasteiger partial charge >= 0.3 is 0 Å². The maximum absolute atomic E-state index is 12.3. The number of hydrazine groups is 1. The molecule has 2 saturated heterocycles. The highest BCUT2D eigenvalue weighted by Gasteiger charge is 2.27. The molecule has 2 heterocycles. The second kappa shape index (κ2) is 6.43. The second-order valence-electron chi connectivity index (χ2n) is 5.58. The molecule has 6 nitrogen and oxygen atoms in total. The van der Waals surface area contributed by atoms with Crippen LogP contribution in [0.3, 0.4) is 0 Å². The van der Waals surface area contributed by atoms with E-state index in [0.29, 0.717) is 6.04 Å². The summed E-state index contributed by atoms with van der Waals surface area (Å²) in [6.07, 6.45) is 0.797. The zero-order valence-corrected chi connectivity index (χ0v) is 12.3. The highest BCUT2D eigenvalue weighted by atomic mass is 16.5. The van der Waals surface area contributed by atoms with Gasteiger partial charge in [-0.05, 0) is 25.5 Å². The molecule has 2 fully saturated rings. The van der Waals surface area contributed by atoms with Gasteiger partial charge in [-0.2, -0.15) is 0 Å². The summed E-state index contributed by atoms with van der Waals surface area (Å²) >= 11 is 0. The lowest BCUT2D eigenvalue weighted by Gasteiger charge is -2.30. The molecule has 3 rings (SSSR count). The van der Waals surface area contributed by atoms with Crippen molar-refractivity contribution in [3.05, 3.63) is 24.3 Å². The molecule has 2 unspecified atom stereocenters. The normalized spacial score (nSPS) is 25.9. The summed E-state index contributed by atoms with van der Waals surface area (Å²) in [5, 5.41) is 3.05. The van der Waals surface area contributed by atoms with Gasteiger partial charge in [0, 0.05) is 19.1 Å². The quantitative estimate of drug-likeness (QED) is 0.765. The number of carbonyl (C=O) groups excluding carboxylic acids is 1. The SMILES string of the molecule is CC1CC(C(=O)Nc2ccccc2N2CCOCC2)NN1. The first-order valence-electron chi connectivity index (χ1n) is 7.47. The van der Waals surface area contributed by atoms with Crippen LogP contribution < -0.4 is 21.1 Å². The summed E-state index contributed by atoms with van der Waals surface area (Å²) in [4.78, 5) is 14.6. The fourth-order valence-corrected chi connectivity index (χ4v) is 2.77. The zero-order valence-electron chi connectivity index (χ0n) is 12.3. The maximum Gasteiger partial charge on any atom is 0.242 e. The topological polar surface area (TPSA) is 65.6 Å². The minimum absolute atomic E-state index is 0.00700. The van der Waals surface area contributed by atoms with E-state index in [0.717, 1.165) is 44.1 Å². The minimum Gasteiger partial charge on any atom is -0.378 e. The average Bonchev–Trinajstić information content (AvgIpc) is 2.95. The van der Waals surface area contributed by atoms with Gasteiger partial charge in [-0.3, -0.25) is 10.2 Å². The first-order valence-corrected chi connectivity index (χ1v) is 7.47. The van der Waals surface area contributed by atoms with Crippen molar-refractivity contribution in [2.45, 2.75) is 25.4 Å². The number of anilines is 2. The number of hydrogen-bond donors (Lipinski definition) is 3. The summed E-state index contributed by atoms with van der Waals surface area (Å²) in [5.41, 5.74) is 8.04. The number of para-hydroxylation sites is 2. The van der Waals surface area contributed by atoms with E-state index in [1.807, 2.05) is 24.3 Å². The van der Waals surface area contributed by atoms with Crippen LogP contribution in [0.15, 0.2) is 24.3 Å². The number of hydrogen-bond acceptors (Lipinski definition) is 5. The molecule has 0 saturated carbocycles. The molecular formula is C15H22N4O2. The van der Waals surface area contributed by atoms with Crippen LogP contribution in [0.5, 0.6) is 0 Å². The molecular weight excluding hydrogens is 268 g/mol. The molecule has 0 bridgehead atoms. The van der Waals surface area contributed by atoms with Crippen LogP contribution in [0.2, 0.25) is 0 Å². The van der Waals surface area contributed by atoms with Crippen molar-refractivity contribution < 1.29 is 9.53 Å². The third kappa shape index (κ3) is 3.34. The molecule has 0 radical (unpaired) electrons. The minimum atomic E-state index is -0.183. The van der Waals surface area contributed by atoms with Gasteiger partial charge in [-0.15, -0.1) is 0 Å². The predicted octanol–water partition coefficient (Wildman–Crippen LogP) is 0.717. The fourth-order valence-electron chi connectivity index (χ4n) is 2.77. The first kappa shape index (κ1) is 14.3. The fraction of sp³-hybridized carbons (Fsp3) is 0.533. The van der Waals surface area contributed by atoms with Crippen molar-refractivity contribution in [1.82, 2.24) is 10.9 Å². The average molecular weight is 290 g/mol. The number of morpholine rings is 1. The van der Waals surface area contributed by atoms with E-state index in [2.05, 4.69) is 28.0 Å². The smallest absolute Gasteiger partial charge is 0.242 e. The summed E-state index contributed by atoms with van der Waals surface area (Å²) in [5.74, 6) is 0.00700. The maximum atomic E-state index is 12.3. The van der Waals surface area contributed by atoms with Crippen molar-refractivity contribution in [2.75, 3.05) is 36.5 Å². The molecule has 0 aromatic heterocycles. The summed E-state index contributed by atoms with van der Waals surface area (Å²) in [6, 6.07) is 8.08. The van der Waals surface area contributed by atoms with Crippen LogP contribution >= 0.6 is 0 Å². The zero-order chi connectivity index (χ0) is 14.7. The van der Waals surface area contributed by atoms with Gasteiger partial charge in [-0.25, -0.2) is 5.43 Å². The van der Waals surface area contributed by atoms with Gasteiger partial charge in [-0.1, -0.05) is 12.1 Å². The standard InChI is InChI=1S/C15H22N4O2/c1-11-10-13(18-17-11)15(20)16-12-4-2-3-5-14(12)19-6-8-21-9-7-19/h2-5,11,13,17-18H,6-10H2,1H3,(H,16,20). The van der Waals surface area contributed by atoms with Gasteiger partial charge in [0.1, 0.15) is 6.04 Å². The number of ether oxygens (including phenoxy) is 1. The Morgan fingerprint density at radius 1 is 1.29 bits per heavy atom. The number of nitrogens with zero attached hydrogens (tertiary/aromatic N) is 1. The molecule has 1 aromatic rings. The molecule has 21 heavy (non-hydrogen) atoms. The van der Waals surface area contributed by atoms with E-state index in [-0.39, 0.29) is 11.9 Å². The van der Waals surface area contributed by atoms with E-state index in [1.54, 1.807) is 0 Å². The molecule has 2 atom stereocenters. The van der Waals surface area contributed by atoms with Crippen LogP contribution in [0.1, 0.15) is 13.3 Å². The van der Waals surface area contributed by atoms with Crippen LogP contribution in [0, 0.1) is 0 Å². The lowest BCUT2D eigenvalue weighted by molar-refractivity contribution is -0.117. The Morgan fingerprint density at radius 2 is 2.05 bits per heavy atom. The monoisotopic (exact) mass is 290 g/mol. The second-order valence-corrected chi connectivity index (χ2v) is 5.58. The van der Waals surface area contributed by atoms with Crippen molar-refractivity contribution >= 4 is 17.3 Å². The third-order valence-corrected chi connectivity index (χ3v) is 3.92. The molecule has 3 N–H and O–H groups in total. The molecule has 1 aromatic carbocycles. The molecule has 2 aliphatic heterocycles. The van der Waals surface area contributed by atoms with Gasteiger partial charge in [0.15, 0.2) is 0 Å². The number of amides is 1. The van der Waals surface area contributed by atoms with E-state index >= 15 is 0 Å². The van der Waals surface area contributed by atoms with Crippen LogP contribution in [-0.2, 0) is 9.53 Å². The van der Waals surface area contributed by atoms with Crippen molar-refractivity contribution in [1.29, 1.82) is 0 Å². The lowest BCUT2D eigenvalue weighted by atomic mass is 10.1. The highest BCUT2D eigenvalue weighted by Crippen LogP contribution is 2.26.